The fraction of sp³-hybridized carbons (Fsp3) is 0.278. The van der Waals surface area contributed by atoms with Crippen LogP contribution < -0.4 is 10.5 Å². The maximum absolute atomic E-state index is 14.5. The molecule has 0 amide bonds. The van der Waals surface area contributed by atoms with Crippen LogP contribution in [0.5, 0.6) is 5.75 Å². The van der Waals surface area contributed by atoms with E-state index in [4.69, 9.17) is 14.9 Å². The summed E-state index contributed by atoms with van der Waals surface area (Å²) in [4.78, 5) is 4.48. The zero-order valence-corrected chi connectivity index (χ0v) is 13.6. The summed E-state index contributed by atoms with van der Waals surface area (Å²) in [7, 11) is 1.56. The minimum atomic E-state index is -0.397. The van der Waals surface area contributed by atoms with Crippen LogP contribution >= 0.6 is 0 Å². The highest BCUT2D eigenvalue weighted by atomic mass is 19.1. The van der Waals surface area contributed by atoms with Crippen molar-refractivity contribution in [3.63, 3.8) is 0 Å². The van der Waals surface area contributed by atoms with Gasteiger partial charge in [0.05, 0.1) is 7.11 Å². The van der Waals surface area contributed by atoms with Crippen LogP contribution in [-0.2, 0) is 5.41 Å². The number of hydrogen-bond donors (Lipinski definition) is 1. The number of nitrogens with zero attached hydrogens (tertiary/aromatic N) is 1. The molecule has 2 N–H and O–H groups in total. The van der Waals surface area contributed by atoms with E-state index in [1.165, 1.54) is 6.07 Å². The van der Waals surface area contributed by atoms with Crippen molar-refractivity contribution in [3.05, 3.63) is 42.0 Å². The molecule has 0 aliphatic carbocycles. The Kier molecular flexibility index (Phi) is 3.51. The third-order valence-electron chi connectivity index (χ3n) is 3.67. The van der Waals surface area contributed by atoms with Gasteiger partial charge in [0.15, 0.2) is 5.58 Å². The van der Waals surface area contributed by atoms with Gasteiger partial charge in [0.2, 0.25) is 5.89 Å². The van der Waals surface area contributed by atoms with Crippen molar-refractivity contribution in [2.75, 3.05) is 12.8 Å². The molecule has 0 bridgehead atoms. The van der Waals surface area contributed by atoms with Crippen molar-refractivity contribution < 1.29 is 13.5 Å². The van der Waals surface area contributed by atoms with Crippen LogP contribution in [0.2, 0.25) is 0 Å². The number of rotatable bonds is 2. The number of anilines is 1. The summed E-state index contributed by atoms with van der Waals surface area (Å²) in [6, 6.07) is 8.18. The maximum atomic E-state index is 14.5. The SMILES string of the molecule is COc1ccc(-c2cc3nc(C(C)(C)C)oc3cc2F)c(N)c1. The summed E-state index contributed by atoms with van der Waals surface area (Å²) < 4.78 is 25.3. The Morgan fingerprint density at radius 1 is 1.13 bits per heavy atom. The molecule has 1 heterocycles. The fourth-order valence-corrected chi connectivity index (χ4v) is 2.39. The van der Waals surface area contributed by atoms with Crippen LogP contribution in [0.1, 0.15) is 26.7 Å². The molecule has 120 valence electrons. The molecule has 0 aliphatic heterocycles. The van der Waals surface area contributed by atoms with Gasteiger partial charge in [0.25, 0.3) is 0 Å². The van der Waals surface area contributed by atoms with E-state index in [2.05, 4.69) is 4.98 Å². The Morgan fingerprint density at radius 2 is 1.87 bits per heavy atom. The fourth-order valence-electron chi connectivity index (χ4n) is 2.39. The van der Waals surface area contributed by atoms with Crippen molar-refractivity contribution in [2.45, 2.75) is 26.2 Å². The number of benzene rings is 2. The van der Waals surface area contributed by atoms with Gasteiger partial charge in [-0.3, -0.25) is 0 Å². The van der Waals surface area contributed by atoms with Gasteiger partial charge in [0, 0.05) is 34.4 Å². The predicted molar refractivity (Wildman–Crippen MR) is 89.1 cm³/mol. The average Bonchev–Trinajstić information content (AvgIpc) is 2.89. The molecule has 0 saturated carbocycles. The highest BCUT2D eigenvalue weighted by molar-refractivity contribution is 5.85. The Labute approximate surface area is 134 Å². The van der Waals surface area contributed by atoms with E-state index in [-0.39, 0.29) is 5.41 Å². The van der Waals surface area contributed by atoms with Crippen LogP contribution in [0.25, 0.3) is 22.2 Å². The van der Waals surface area contributed by atoms with Gasteiger partial charge in [0.1, 0.15) is 17.1 Å². The maximum Gasteiger partial charge on any atom is 0.200 e. The monoisotopic (exact) mass is 314 g/mol. The molecule has 3 aromatic rings. The van der Waals surface area contributed by atoms with Gasteiger partial charge in [-0.25, -0.2) is 9.37 Å². The van der Waals surface area contributed by atoms with Crippen LogP contribution in [0.3, 0.4) is 0 Å². The van der Waals surface area contributed by atoms with E-state index < -0.39 is 5.82 Å². The molecule has 0 fully saturated rings. The Hall–Kier alpha value is -2.56. The number of oxazole rings is 1. The molecule has 0 atom stereocenters. The molecule has 4 nitrogen and oxygen atoms in total. The highest BCUT2D eigenvalue weighted by Crippen LogP contribution is 2.34. The number of fused-ring (bicyclic) bond motifs is 1. The van der Waals surface area contributed by atoms with E-state index in [1.54, 1.807) is 31.4 Å². The summed E-state index contributed by atoms with van der Waals surface area (Å²) in [6.45, 7) is 5.99. The van der Waals surface area contributed by atoms with E-state index in [9.17, 15) is 4.39 Å². The number of nitrogens with two attached hydrogens (primary N) is 1. The van der Waals surface area contributed by atoms with Gasteiger partial charge in [-0.2, -0.15) is 0 Å². The van der Waals surface area contributed by atoms with E-state index in [0.29, 0.717) is 39.6 Å². The summed E-state index contributed by atoms with van der Waals surface area (Å²) in [5.74, 6) is 0.807. The van der Waals surface area contributed by atoms with Crippen LogP contribution in [0, 0.1) is 5.82 Å². The molecular formula is C18H19FN2O2. The molecule has 1 aromatic heterocycles. The van der Waals surface area contributed by atoms with Gasteiger partial charge in [-0.1, -0.05) is 20.8 Å². The van der Waals surface area contributed by atoms with Gasteiger partial charge >= 0.3 is 0 Å². The van der Waals surface area contributed by atoms with Crippen LogP contribution in [0.4, 0.5) is 10.1 Å². The lowest BCUT2D eigenvalue weighted by atomic mass is 9.97. The first kappa shape index (κ1) is 15.3. The van der Waals surface area contributed by atoms with Gasteiger partial charge < -0.3 is 14.9 Å². The molecule has 23 heavy (non-hydrogen) atoms. The molecule has 0 spiro atoms. The minimum absolute atomic E-state index is 0.241. The molecule has 3 rings (SSSR count). The highest BCUT2D eigenvalue weighted by Gasteiger charge is 2.22. The number of ether oxygens (including phenoxy) is 1. The van der Waals surface area contributed by atoms with E-state index in [1.807, 2.05) is 20.8 Å². The van der Waals surface area contributed by atoms with Gasteiger partial charge in [-0.15, -0.1) is 0 Å². The zero-order valence-electron chi connectivity index (χ0n) is 13.6. The molecular weight excluding hydrogens is 295 g/mol. The van der Waals surface area contributed by atoms with Crippen molar-refractivity contribution in [1.29, 1.82) is 0 Å². The third-order valence-corrected chi connectivity index (χ3v) is 3.67. The summed E-state index contributed by atoms with van der Waals surface area (Å²) >= 11 is 0. The second-order valence-corrected chi connectivity index (χ2v) is 6.52. The quantitative estimate of drug-likeness (QED) is 0.706. The van der Waals surface area contributed by atoms with Crippen LogP contribution in [0.15, 0.2) is 34.7 Å². The molecule has 0 saturated heterocycles. The third kappa shape index (κ3) is 2.74. The van der Waals surface area contributed by atoms with E-state index in [0.717, 1.165) is 0 Å². The number of halogens is 1. The van der Waals surface area contributed by atoms with Crippen molar-refractivity contribution in [3.8, 4) is 16.9 Å². The second kappa shape index (κ2) is 5.26. The standard InChI is InChI=1S/C18H19FN2O2/c1-18(2,3)17-21-15-8-12(13(19)9-16(15)23-17)11-6-5-10(22-4)7-14(11)20/h5-9H,20H2,1-4H3. The smallest absolute Gasteiger partial charge is 0.200 e. The Bertz CT molecular complexity index is 879. The molecule has 2 aromatic carbocycles. The molecule has 0 unspecified atom stereocenters. The van der Waals surface area contributed by atoms with Crippen molar-refractivity contribution in [2.24, 2.45) is 0 Å². The van der Waals surface area contributed by atoms with Crippen molar-refractivity contribution in [1.82, 2.24) is 4.98 Å². The molecule has 0 aliphatic rings. The number of aromatic nitrogens is 1. The predicted octanol–water partition coefficient (Wildman–Crippen LogP) is 4.52. The lowest BCUT2D eigenvalue weighted by molar-refractivity contribution is 0.410. The minimum Gasteiger partial charge on any atom is -0.497 e. The zero-order chi connectivity index (χ0) is 16.8. The summed E-state index contributed by atoms with van der Waals surface area (Å²) in [5.41, 5.74) is 8.27. The average molecular weight is 314 g/mol. The number of nitrogen functional groups attached to an aromatic ring is 1. The Morgan fingerprint density at radius 3 is 2.48 bits per heavy atom. The largest absolute Gasteiger partial charge is 0.497 e. The first-order valence-corrected chi connectivity index (χ1v) is 7.34. The van der Waals surface area contributed by atoms with Gasteiger partial charge in [-0.05, 0) is 18.2 Å². The molecule has 0 radical (unpaired) electrons. The second-order valence-electron chi connectivity index (χ2n) is 6.52. The normalized spacial score (nSPS) is 11.9. The van der Waals surface area contributed by atoms with Crippen LogP contribution in [-0.4, -0.2) is 12.1 Å². The number of hydrogen-bond acceptors (Lipinski definition) is 4. The van der Waals surface area contributed by atoms with Crippen molar-refractivity contribution >= 4 is 16.8 Å². The lowest BCUT2D eigenvalue weighted by Crippen LogP contribution is -2.10. The first-order chi connectivity index (χ1) is 10.8. The Balaban J connectivity index is 2.16. The topological polar surface area (TPSA) is 61.3 Å². The lowest BCUT2D eigenvalue weighted by Gasteiger charge is -2.11. The van der Waals surface area contributed by atoms with E-state index >= 15 is 0 Å². The number of methoxy groups -OCH3 is 1. The summed E-state index contributed by atoms with van der Waals surface area (Å²) in [6.07, 6.45) is 0. The first-order valence-electron chi connectivity index (χ1n) is 7.34. The summed E-state index contributed by atoms with van der Waals surface area (Å²) in [5, 5.41) is 0. The molecule has 5 heteroatoms.